The number of fused-ring (bicyclic) bond motifs is 1. The van der Waals surface area contributed by atoms with Crippen molar-refractivity contribution in [2.45, 2.75) is 19.9 Å². The van der Waals surface area contributed by atoms with E-state index in [4.69, 9.17) is 0 Å². The lowest BCUT2D eigenvalue weighted by atomic mass is 10.1. The highest BCUT2D eigenvalue weighted by atomic mass is 16.1. The Balaban J connectivity index is 2.27. The zero-order chi connectivity index (χ0) is 14.8. The third-order valence-electron chi connectivity index (χ3n) is 3.61. The van der Waals surface area contributed by atoms with Gasteiger partial charge >= 0.3 is 0 Å². The molecule has 2 aromatic rings. The molecule has 0 unspecified atom stereocenters. The SMILES string of the molecule is CC#CCn1c(C2=CCNCC2)nc2cnn(C)c(=O)c21. The van der Waals surface area contributed by atoms with Gasteiger partial charge in [-0.15, -0.1) is 5.92 Å². The van der Waals surface area contributed by atoms with Gasteiger partial charge in [0.05, 0.1) is 12.7 Å². The molecule has 1 aliphatic heterocycles. The molecule has 0 aliphatic carbocycles. The Bertz CT molecular complexity index is 831. The number of nitrogens with one attached hydrogen (secondary N) is 1. The minimum Gasteiger partial charge on any atom is -0.313 e. The molecule has 0 radical (unpaired) electrons. The summed E-state index contributed by atoms with van der Waals surface area (Å²) in [6, 6.07) is 0. The average molecular weight is 283 g/mol. The lowest BCUT2D eigenvalue weighted by Crippen LogP contribution is -2.23. The van der Waals surface area contributed by atoms with Crippen LogP contribution in [0.3, 0.4) is 0 Å². The van der Waals surface area contributed by atoms with Crippen molar-refractivity contribution in [1.82, 2.24) is 24.6 Å². The van der Waals surface area contributed by atoms with Crippen LogP contribution in [-0.4, -0.2) is 32.4 Å². The van der Waals surface area contributed by atoms with E-state index < -0.39 is 0 Å². The number of hydrogen-bond donors (Lipinski definition) is 1. The normalized spacial score (nSPS) is 14.7. The maximum Gasteiger partial charge on any atom is 0.292 e. The lowest BCUT2D eigenvalue weighted by Gasteiger charge is -2.14. The second kappa shape index (κ2) is 5.54. The molecule has 108 valence electrons. The Morgan fingerprint density at radius 3 is 3.05 bits per heavy atom. The molecular formula is C15H17N5O. The van der Waals surface area contributed by atoms with Gasteiger partial charge in [0.2, 0.25) is 0 Å². The molecule has 0 bridgehead atoms. The summed E-state index contributed by atoms with van der Waals surface area (Å²) in [5, 5.41) is 7.33. The molecule has 1 N–H and O–H groups in total. The van der Waals surface area contributed by atoms with Crippen molar-refractivity contribution in [2.75, 3.05) is 13.1 Å². The minimum atomic E-state index is -0.140. The molecule has 6 nitrogen and oxygen atoms in total. The summed E-state index contributed by atoms with van der Waals surface area (Å²) < 4.78 is 3.24. The van der Waals surface area contributed by atoms with E-state index in [0.717, 1.165) is 30.9 Å². The molecule has 0 spiro atoms. The third-order valence-corrected chi connectivity index (χ3v) is 3.61. The molecular weight excluding hydrogens is 266 g/mol. The molecule has 0 atom stereocenters. The van der Waals surface area contributed by atoms with Crippen molar-refractivity contribution in [3.05, 3.63) is 28.5 Å². The fraction of sp³-hybridized carbons (Fsp3) is 0.400. The summed E-state index contributed by atoms with van der Waals surface area (Å²) in [6.07, 6.45) is 4.66. The highest BCUT2D eigenvalue weighted by Crippen LogP contribution is 2.22. The molecule has 1 aliphatic rings. The van der Waals surface area contributed by atoms with Gasteiger partial charge in [0, 0.05) is 13.6 Å². The van der Waals surface area contributed by atoms with Crippen LogP contribution in [0.25, 0.3) is 16.6 Å². The number of rotatable bonds is 2. The number of nitrogens with zero attached hydrogens (tertiary/aromatic N) is 4. The maximum atomic E-state index is 12.4. The topological polar surface area (TPSA) is 64.7 Å². The van der Waals surface area contributed by atoms with Crippen molar-refractivity contribution < 1.29 is 0 Å². The summed E-state index contributed by atoms with van der Waals surface area (Å²) in [5.74, 6) is 6.74. The van der Waals surface area contributed by atoms with Crippen LogP contribution in [0.2, 0.25) is 0 Å². The van der Waals surface area contributed by atoms with Crippen LogP contribution in [0.1, 0.15) is 19.2 Å². The minimum absolute atomic E-state index is 0.140. The molecule has 0 saturated heterocycles. The van der Waals surface area contributed by atoms with Gasteiger partial charge in [-0.05, 0) is 25.5 Å². The highest BCUT2D eigenvalue weighted by Gasteiger charge is 2.18. The number of aryl methyl sites for hydroxylation is 1. The smallest absolute Gasteiger partial charge is 0.292 e. The van der Waals surface area contributed by atoms with E-state index in [1.165, 1.54) is 4.68 Å². The van der Waals surface area contributed by atoms with Crippen molar-refractivity contribution in [3.8, 4) is 11.8 Å². The van der Waals surface area contributed by atoms with Crippen LogP contribution < -0.4 is 10.9 Å². The van der Waals surface area contributed by atoms with Gasteiger partial charge < -0.3 is 9.88 Å². The standard InChI is InChI=1S/C15H17N5O/c1-3-4-9-20-13-12(10-17-19(2)15(13)21)18-14(20)11-5-7-16-8-6-11/h5,10,16H,6-9H2,1-2H3. The first-order chi connectivity index (χ1) is 10.2. The predicted molar refractivity (Wildman–Crippen MR) is 81.7 cm³/mol. The van der Waals surface area contributed by atoms with Crippen LogP contribution >= 0.6 is 0 Å². The number of imidazole rings is 1. The van der Waals surface area contributed by atoms with E-state index in [0.29, 0.717) is 17.6 Å². The van der Waals surface area contributed by atoms with Crippen LogP contribution in [0, 0.1) is 11.8 Å². The largest absolute Gasteiger partial charge is 0.313 e. The van der Waals surface area contributed by atoms with Crippen molar-refractivity contribution in [2.24, 2.45) is 7.05 Å². The van der Waals surface area contributed by atoms with Crippen molar-refractivity contribution in [3.63, 3.8) is 0 Å². The molecule has 3 rings (SSSR count). The maximum absolute atomic E-state index is 12.4. The van der Waals surface area contributed by atoms with Crippen molar-refractivity contribution in [1.29, 1.82) is 0 Å². The zero-order valence-electron chi connectivity index (χ0n) is 12.2. The van der Waals surface area contributed by atoms with Gasteiger partial charge in [-0.2, -0.15) is 5.10 Å². The van der Waals surface area contributed by atoms with Gasteiger partial charge in [0.1, 0.15) is 16.9 Å². The summed E-state index contributed by atoms with van der Waals surface area (Å²) in [4.78, 5) is 17.0. The summed E-state index contributed by atoms with van der Waals surface area (Å²) in [7, 11) is 1.65. The van der Waals surface area contributed by atoms with Crippen LogP contribution in [-0.2, 0) is 13.6 Å². The highest BCUT2D eigenvalue weighted by molar-refractivity contribution is 5.78. The first-order valence-corrected chi connectivity index (χ1v) is 6.94. The van der Waals surface area contributed by atoms with Gasteiger partial charge in [0.25, 0.3) is 5.56 Å². The van der Waals surface area contributed by atoms with Gasteiger partial charge in [-0.1, -0.05) is 12.0 Å². The van der Waals surface area contributed by atoms with Crippen LogP contribution in [0.15, 0.2) is 17.1 Å². The summed E-state index contributed by atoms with van der Waals surface area (Å²) in [5.41, 5.74) is 2.22. The zero-order valence-corrected chi connectivity index (χ0v) is 12.2. The molecule has 0 amide bonds. The van der Waals surface area contributed by atoms with E-state index in [-0.39, 0.29) is 5.56 Å². The Kier molecular flexibility index (Phi) is 3.59. The molecule has 0 saturated carbocycles. The van der Waals surface area contributed by atoms with E-state index in [9.17, 15) is 4.79 Å². The molecule has 0 aromatic carbocycles. The Hall–Kier alpha value is -2.39. The number of aromatic nitrogens is 4. The lowest BCUT2D eigenvalue weighted by molar-refractivity contribution is 0.706. The predicted octanol–water partition coefficient (Wildman–Crippen LogP) is 0.530. The Labute approximate surface area is 122 Å². The molecule has 3 heterocycles. The molecule has 2 aromatic heterocycles. The van der Waals surface area contributed by atoms with Gasteiger partial charge in [0.15, 0.2) is 0 Å². The van der Waals surface area contributed by atoms with Crippen molar-refractivity contribution >= 4 is 16.6 Å². The van der Waals surface area contributed by atoms with E-state index >= 15 is 0 Å². The fourth-order valence-electron chi connectivity index (χ4n) is 2.52. The fourth-order valence-corrected chi connectivity index (χ4v) is 2.52. The summed E-state index contributed by atoms with van der Waals surface area (Å²) in [6.45, 7) is 4.01. The van der Waals surface area contributed by atoms with Gasteiger partial charge in [-0.3, -0.25) is 4.79 Å². The molecule has 21 heavy (non-hydrogen) atoms. The second-order valence-electron chi connectivity index (χ2n) is 4.94. The monoisotopic (exact) mass is 283 g/mol. The second-order valence-corrected chi connectivity index (χ2v) is 4.94. The van der Waals surface area contributed by atoms with E-state index in [1.807, 2.05) is 4.57 Å². The van der Waals surface area contributed by atoms with Gasteiger partial charge in [-0.25, -0.2) is 9.67 Å². The molecule has 6 heteroatoms. The first-order valence-electron chi connectivity index (χ1n) is 6.94. The third kappa shape index (κ3) is 2.36. The average Bonchev–Trinajstić information content (AvgIpc) is 2.89. The van der Waals surface area contributed by atoms with E-state index in [2.05, 4.69) is 33.3 Å². The Morgan fingerprint density at radius 2 is 2.33 bits per heavy atom. The Morgan fingerprint density at radius 1 is 1.48 bits per heavy atom. The van der Waals surface area contributed by atoms with E-state index in [1.54, 1.807) is 20.2 Å². The number of hydrogen-bond acceptors (Lipinski definition) is 4. The quantitative estimate of drug-likeness (QED) is 0.817. The summed E-state index contributed by atoms with van der Waals surface area (Å²) >= 11 is 0. The first kappa shape index (κ1) is 13.6. The van der Waals surface area contributed by atoms with Crippen LogP contribution in [0.5, 0.6) is 0 Å². The molecule has 0 fully saturated rings. The van der Waals surface area contributed by atoms with Crippen LogP contribution in [0.4, 0.5) is 0 Å².